The van der Waals surface area contributed by atoms with Crippen molar-refractivity contribution in [3.63, 3.8) is 0 Å². The number of ether oxygens (including phenoxy) is 1. The zero-order chi connectivity index (χ0) is 21.0. The summed E-state index contributed by atoms with van der Waals surface area (Å²) in [5.41, 5.74) is 1.76. The number of rotatable bonds is 7. The zero-order valence-electron chi connectivity index (χ0n) is 16.3. The van der Waals surface area contributed by atoms with E-state index in [1.165, 1.54) is 26.2 Å². The summed E-state index contributed by atoms with van der Waals surface area (Å²) in [6, 6.07) is 11.3. The number of benzene rings is 2. The first-order valence-electron chi connectivity index (χ1n) is 8.76. The van der Waals surface area contributed by atoms with Crippen molar-refractivity contribution < 1.29 is 17.9 Å². The lowest BCUT2D eigenvalue weighted by atomic mass is 10.3. The number of amides is 2. The van der Waals surface area contributed by atoms with Crippen LogP contribution in [-0.2, 0) is 16.6 Å². The van der Waals surface area contributed by atoms with Crippen molar-refractivity contribution in [2.75, 3.05) is 33.1 Å². The van der Waals surface area contributed by atoms with Gasteiger partial charge in [0.15, 0.2) is 0 Å². The fraction of sp³-hybridized carbons (Fsp3) is 0.278. The molecule has 0 radical (unpaired) electrons. The van der Waals surface area contributed by atoms with Gasteiger partial charge in [-0.3, -0.25) is 0 Å². The fourth-order valence-electron chi connectivity index (χ4n) is 2.64. The van der Waals surface area contributed by atoms with Gasteiger partial charge in [-0.15, -0.1) is 5.10 Å². The molecule has 1 aromatic heterocycles. The van der Waals surface area contributed by atoms with E-state index in [0.717, 1.165) is 4.31 Å². The number of nitrogens with one attached hydrogen (secondary N) is 2. The highest BCUT2D eigenvalue weighted by Gasteiger charge is 2.18. The molecule has 0 saturated carbocycles. The van der Waals surface area contributed by atoms with E-state index >= 15 is 0 Å². The van der Waals surface area contributed by atoms with Gasteiger partial charge in [-0.1, -0.05) is 11.3 Å². The first kappa shape index (κ1) is 20.6. The van der Waals surface area contributed by atoms with E-state index < -0.39 is 10.0 Å². The van der Waals surface area contributed by atoms with E-state index in [1.54, 1.807) is 42.1 Å². The molecule has 0 unspecified atom stereocenters. The van der Waals surface area contributed by atoms with Crippen LogP contribution in [0.4, 0.5) is 10.5 Å². The summed E-state index contributed by atoms with van der Waals surface area (Å²) in [6.45, 7) is 0.688. The van der Waals surface area contributed by atoms with Gasteiger partial charge < -0.3 is 15.4 Å². The van der Waals surface area contributed by atoms with Crippen molar-refractivity contribution in [3.05, 3.63) is 42.5 Å². The molecule has 154 valence electrons. The molecule has 3 aromatic rings. The van der Waals surface area contributed by atoms with Crippen LogP contribution >= 0.6 is 0 Å². The largest absolute Gasteiger partial charge is 0.497 e. The van der Waals surface area contributed by atoms with Gasteiger partial charge in [0, 0.05) is 32.4 Å². The van der Waals surface area contributed by atoms with Crippen LogP contribution in [0.2, 0.25) is 0 Å². The van der Waals surface area contributed by atoms with E-state index in [1.807, 2.05) is 0 Å². The van der Waals surface area contributed by atoms with Crippen molar-refractivity contribution in [1.82, 2.24) is 24.6 Å². The molecule has 0 fully saturated rings. The third-order valence-electron chi connectivity index (χ3n) is 4.20. The van der Waals surface area contributed by atoms with Crippen molar-refractivity contribution in [1.29, 1.82) is 0 Å². The second-order valence-corrected chi connectivity index (χ2v) is 8.52. The molecule has 0 bridgehead atoms. The summed E-state index contributed by atoms with van der Waals surface area (Å²) in [4.78, 5) is 12.2. The summed E-state index contributed by atoms with van der Waals surface area (Å²) in [6.07, 6.45) is 0. The predicted octanol–water partition coefficient (Wildman–Crippen LogP) is 1.51. The topological polar surface area (TPSA) is 118 Å². The lowest BCUT2D eigenvalue weighted by Gasteiger charge is -2.11. The Kier molecular flexibility index (Phi) is 5.99. The molecule has 0 aliphatic carbocycles. The predicted molar refractivity (Wildman–Crippen MR) is 108 cm³/mol. The van der Waals surface area contributed by atoms with Crippen molar-refractivity contribution in [2.24, 2.45) is 0 Å². The van der Waals surface area contributed by atoms with Gasteiger partial charge in [0.1, 0.15) is 11.3 Å². The number of carbonyl (C=O) groups excluding carboxylic acids is 1. The second-order valence-electron chi connectivity index (χ2n) is 6.36. The molecule has 0 atom stereocenters. The van der Waals surface area contributed by atoms with E-state index in [4.69, 9.17) is 4.74 Å². The Balaban J connectivity index is 1.61. The van der Waals surface area contributed by atoms with Gasteiger partial charge in [0.05, 0.1) is 24.1 Å². The summed E-state index contributed by atoms with van der Waals surface area (Å²) < 4.78 is 32.3. The number of fused-ring (bicyclic) bond motifs is 1. The second kappa shape index (κ2) is 8.45. The number of nitrogens with zero attached hydrogens (tertiary/aromatic N) is 4. The highest BCUT2D eigenvalue weighted by molar-refractivity contribution is 7.89. The Morgan fingerprint density at radius 1 is 1.21 bits per heavy atom. The fourth-order valence-corrected chi connectivity index (χ4v) is 3.56. The number of anilines is 1. The number of hydrogen-bond donors (Lipinski definition) is 2. The van der Waals surface area contributed by atoms with Crippen LogP contribution in [0.5, 0.6) is 5.75 Å². The van der Waals surface area contributed by atoms with Crippen molar-refractivity contribution >= 4 is 32.8 Å². The normalized spacial score (nSPS) is 11.6. The minimum absolute atomic E-state index is 0.151. The summed E-state index contributed by atoms with van der Waals surface area (Å²) in [5, 5.41) is 13.5. The van der Waals surface area contributed by atoms with E-state index in [9.17, 15) is 13.2 Å². The Hall–Kier alpha value is -3.18. The standard InChI is InChI=1S/C18H22N6O4S/c1-23(2)29(26,27)15-7-8-17-16(12-15)21-22-24(17)10-9-19-18(25)20-13-5-4-6-14(11-13)28-3/h4-8,11-12H,9-10H2,1-3H3,(H2,19,20,25). The van der Waals surface area contributed by atoms with Gasteiger partial charge in [-0.2, -0.15) is 0 Å². The first-order chi connectivity index (χ1) is 13.8. The Labute approximate surface area is 168 Å². The SMILES string of the molecule is COc1cccc(NC(=O)NCCn2nnc3cc(S(=O)(=O)N(C)C)ccc32)c1. The van der Waals surface area contributed by atoms with Gasteiger partial charge in [-0.25, -0.2) is 22.2 Å². The average molecular weight is 418 g/mol. The van der Waals surface area contributed by atoms with Crippen molar-refractivity contribution in [2.45, 2.75) is 11.4 Å². The molecule has 0 spiro atoms. The smallest absolute Gasteiger partial charge is 0.319 e. The van der Waals surface area contributed by atoms with E-state index in [2.05, 4.69) is 20.9 Å². The summed E-state index contributed by atoms with van der Waals surface area (Å²) in [7, 11) is 0.958. The molecule has 0 saturated heterocycles. The molecule has 3 rings (SSSR count). The third-order valence-corrected chi connectivity index (χ3v) is 6.01. The van der Waals surface area contributed by atoms with Gasteiger partial charge >= 0.3 is 6.03 Å². The number of aromatic nitrogens is 3. The first-order valence-corrected chi connectivity index (χ1v) is 10.2. The number of sulfonamides is 1. The Morgan fingerprint density at radius 3 is 2.72 bits per heavy atom. The van der Waals surface area contributed by atoms with Crippen molar-refractivity contribution in [3.8, 4) is 5.75 Å². The van der Waals surface area contributed by atoms with Crippen LogP contribution in [0, 0.1) is 0 Å². The molecule has 0 aliphatic heterocycles. The number of hydrogen-bond acceptors (Lipinski definition) is 6. The monoisotopic (exact) mass is 418 g/mol. The van der Waals surface area contributed by atoms with Gasteiger partial charge in [0.25, 0.3) is 0 Å². The molecule has 29 heavy (non-hydrogen) atoms. The zero-order valence-corrected chi connectivity index (χ0v) is 17.1. The quantitative estimate of drug-likeness (QED) is 0.600. The van der Waals surface area contributed by atoms with Crippen LogP contribution in [0.1, 0.15) is 0 Å². The number of methoxy groups -OCH3 is 1. The lowest BCUT2D eigenvalue weighted by Crippen LogP contribution is -2.31. The minimum Gasteiger partial charge on any atom is -0.497 e. The molecule has 2 aromatic carbocycles. The summed E-state index contributed by atoms with van der Waals surface area (Å²) in [5.74, 6) is 0.646. The number of carbonyl (C=O) groups is 1. The maximum atomic E-state index is 12.2. The maximum absolute atomic E-state index is 12.2. The number of urea groups is 1. The Bertz CT molecular complexity index is 1130. The molecule has 2 amide bonds. The van der Waals surface area contributed by atoms with Crippen LogP contribution in [0.25, 0.3) is 11.0 Å². The minimum atomic E-state index is -3.54. The Morgan fingerprint density at radius 2 is 2.00 bits per heavy atom. The average Bonchev–Trinajstić information content (AvgIpc) is 3.10. The molecule has 1 heterocycles. The lowest BCUT2D eigenvalue weighted by molar-refractivity contribution is 0.251. The van der Waals surface area contributed by atoms with Crippen LogP contribution in [0.15, 0.2) is 47.4 Å². The third kappa shape index (κ3) is 4.63. The highest BCUT2D eigenvalue weighted by atomic mass is 32.2. The maximum Gasteiger partial charge on any atom is 0.319 e. The molecular formula is C18H22N6O4S. The highest BCUT2D eigenvalue weighted by Crippen LogP contribution is 2.19. The van der Waals surface area contributed by atoms with Crippen LogP contribution in [-0.4, -0.2) is 61.5 Å². The van der Waals surface area contributed by atoms with Crippen LogP contribution < -0.4 is 15.4 Å². The summed E-state index contributed by atoms with van der Waals surface area (Å²) >= 11 is 0. The van der Waals surface area contributed by atoms with Gasteiger partial charge in [0.2, 0.25) is 10.0 Å². The molecule has 0 aliphatic rings. The van der Waals surface area contributed by atoms with E-state index in [0.29, 0.717) is 35.6 Å². The molecule has 2 N–H and O–H groups in total. The molecule has 10 nitrogen and oxygen atoms in total. The molecular weight excluding hydrogens is 396 g/mol. The molecule has 11 heteroatoms. The van der Waals surface area contributed by atoms with E-state index in [-0.39, 0.29) is 10.9 Å². The van der Waals surface area contributed by atoms with Crippen LogP contribution in [0.3, 0.4) is 0 Å². The van der Waals surface area contributed by atoms with Gasteiger partial charge in [-0.05, 0) is 30.3 Å².